The molecule has 2 bridgehead atoms. The van der Waals surface area contributed by atoms with Crippen molar-refractivity contribution < 1.29 is 24.5 Å². The number of carbonyl (C=O) groups is 1. The molecule has 3 aliphatic rings. The predicted octanol–water partition coefficient (Wildman–Crippen LogP) is 1.55. The summed E-state index contributed by atoms with van der Waals surface area (Å²) < 4.78 is 11.1. The largest absolute Gasteiger partial charge is 0.491 e. The van der Waals surface area contributed by atoms with Gasteiger partial charge in [-0.2, -0.15) is 0 Å². The highest BCUT2D eigenvalue weighted by atomic mass is 16.5. The van der Waals surface area contributed by atoms with E-state index in [2.05, 4.69) is 4.90 Å². The van der Waals surface area contributed by atoms with E-state index in [9.17, 15) is 9.90 Å². The van der Waals surface area contributed by atoms with Gasteiger partial charge in [0, 0.05) is 19.6 Å². The minimum atomic E-state index is -0.952. The Bertz CT molecular complexity index is 582. The maximum atomic E-state index is 11.2. The number of carboxylic acid groups (broad SMARTS) is 1. The number of benzene rings is 1. The fourth-order valence-electron chi connectivity index (χ4n) is 3.87. The predicted molar refractivity (Wildman–Crippen MR) is 92.8 cm³/mol. The van der Waals surface area contributed by atoms with E-state index in [0.29, 0.717) is 37.8 Å². The summed E-state index contributed by atoms with van der Waals surface area (Å²) in [6.45, 7) is 5.29. The molecule has 4 rings (SSSR count). The number of aliphatic carboxylic acids is 1. The molecule has 25 heavy (non-hydrogen) atoms. The Morgan fingerprint density at radius 2 is 2.00 bits per heavy atom. The molecule has 0 radical (unpaired) electrons. The quantitative estimate of drug-likeness (QED) is 0.741. The molecule has 0 aliphatic carbocycles. The molecule has 0 saturated carbocycles. The van der Waals surface area contributed by atoms with Crippen molar-refractivity contribution in [3.05, 3.63) is 29.8 Å². The Labute approximate surface area is 148 Å². The number of aliphatic hydroxyl groups is 1. The Hall–Kier alpha value is -1.63. The normalized spacial score (nSPS) is 29.4. The number of nitrogens with zero attached hydrogens (tertiary/aromatic N) is 1. The molecule has 0 aromatic heterocycles. The monoisotopic (exact) mass is 349 g/mol. The van der Waals surface area contributed by atoms with E-state index in [-0.39, 0.29) is 0 Å². The van der Waals surface area contributed by atoms with E-state index in [1.165, 1.54) is 0 Å². The lowest BCUT2D eigenvalue weighted by Crippen LogP contribution is -2.61. The molecule has 6 nitrogen and oxygen atoms in total. The van der Waals surface area contributed by atoms with Crippen LogP contribution < -0.4 is 4.74 Å². The highest BCUT2D eigenvalue weighted by Crippen LogP contribution is 2.36. The number of carboxylic acids is 1. The lowest BCUT2D eigenvalue weighted by molar-refractivity contribution is -0.149. The van der Waals surface area contributed by atoms with Crippen LogP contribution in [0.1, 0.15) is 25.3 Å². The fraction of sp³-hybridized carbons (Fsp3) is 0.632. The first-order valence-corrected chi connectivity index (χ1v) is 9.01. The Kier molecular flexibility index (Phi) is 5.61. The first kappa shape index (κ1) is 18.2. The highest BCUT2D eigenvalue weighted by Gasteiger charge is 2.45. The van der Waals surface area contributed by atoms with Crippen LogP contribution in [0, 0.1) is 5.92 Å². The third kappa shape index (κ3) is 4.32. The Morgan fingerprint density at radius 3 is 2.52 bits per heavy atom. The van der Waals surface area contributed by atoms with Crippen molar-refractivity contribution in [2.45, 2.75) is 37.9 Å². The number of piperidine rings is 3. The van der Waals surface area contributed by atoms with E-state index in [4.69, 9.17) is 14.6 Å². The number of ether oxygens (including phenoxy) is 2. The van der Waals surface area contributed by atoms with Crippen LogP contribution in [0.25, 0.3) is 0 Å². The van der Waals surface area contributed by atoms with Crippen LogP contribution >= 0.6 is 0 Å². The highest BCUT2D eigenvalue weighted by molar-refractivity contribution is 5.72. The van der Waals surface area contributed by atoms with Gasteiger partial charge in [-0.15, -0.1) is 0 Å². The summed E-state index contributed by atoms with van der Waals surface area (Å²) in [5.74, 6) is 0.0583. The molecule has 1 aromatic rings. The number of fused-ring (bicyclic) bond motifs is 3. The maximum absolute atomic E-state index is 11.2. The van der Waals surface area contributed by atoms with Crippen LogP contribution in [0.5, 0.6) is 5.75 Å². The molecule has 2 atom stereocenters. The maximum Gasteiger partial charge on any atom is 0.333 e. The van der Waals surface area contributed by atoms with Crippen molar-refractivity contribution in [3.63, 3.8) is 0 Å². The van der Waals surface area contributed by atoms with Gasteiger partial charge in [-0.05, 0) is 56.5 Å². The van der Waals surface area contributed by atoms with Gasteiger partial charge in [-0.25, -0.2) is 4.79 Å². The van der Waals surface area contributed by atoms with Crippen molar-refractivity contribution in [2.24, 2.45) is 5.92 Å². The molecule has 6 heteroatoms. The fourth-order valence-corrected chi connectivity index (χ4v) is 3.87. The number of rotatable bonds is 8. The van der Waals surface area contributed by atoms with Crippen LogP contribution in [0.2, 0.25) is 0 Å². The van der Waals surface area contributed by atoms with E-state index < -0.39 is 17.7 Å². The average Bonchev–Trinajstić information content (AvgIpc) is 2.61. The third-order valence-corrected chi connectivity index (χ3v) is 5.32. The van der Waals surface area contributed by atoms with Gasteiger partial charge in [0.1, 0.15) is 18.0 Å². The van der Waals surface area contributed by atoms with Crippen LogP contribution in [0.4, 0.5) is 0 Å². The smallest absolute Gasteiger partial charge is 0.333 e. The van der Waals surface area contributed by atoms with Crippen LogP contribution in [-0.2, 0) is 16.0 Å². The first-order chi connectivity index (χ1) is 12.0. The topological polar surface area (TPSA) is 79.2 Å². The van der Waals surface area contributed by atoms with Crippen LogP contribution in [0.3, 0.4) is 0 Å². The zero-order valence-corrected chi connectivity index (χ0v) is 14.7. The first-order valence-electron chi connectivity index (χ1n) is 9.01. The number of hydrogen-bond donors (Lipinski definition) is 2. The molecule has 0 amide bonds. The minimum absolute atomic E-state index is 0.296. The second kappa shape index (κ2) is 7.72. The summed E-state index contributed by atoms with van der Waals surface area (Å²) >= 11 is 0. The van der Waals surface area contributed by atoms with Crippen molar-refractivity contribution in [3.8, 4) is 5.75 Å². The number of hydrogen-bond acceptors (Lipinski definition) is 5. The molecule has 3 heterocycles. The van der Waals surface area contributed by atoms with Gasteiger partial charge < -0.3 is 24.6 Å². The molecule has 0 spiro atoms. The molecule has 138 valence electrons. The molecule has 3 fully saturated rings. The average molecular weight is 349 g/mol. The van der Waals surface area contributed by atoms with Gasteiger partial charge in [0.25, 0.3) is 0 Å². The Balaban J connectivity index is 1.55. The molecule has 2 N–H and O–H groups in total. The zero-order chi connectivity index (χ0) is 17.9. The van der Waals surface area contributed by atoms with E-state index >= 15 is 0 Å². The molecule has 3 aliphatic heterocycles. The van der Waals surface area contributed by atoms with E-state index in [1.807, 2.05) is 24.3 Å². The lowest BCUT2D eigenvalue weighted by Gasteiger charge is -2.50. The molecule has 2 unspecified atom stereocenters. The molecule has 1 aromatic carbocycles. The second-order valence-corrected chi connectivity index (χ2v) is 7.07. The van der Waals surface area contributed by atoms with Gasteiger partial charge in [0.05, 0.1) is 0 Å². The summed E-state index contributed by atoms with van der Waals surface area (Å²) in [6.07, 6.45) is 1.56. The van der Waals surface area contributed by atoms with E-state index in [0.717, 1.165) is 31.5 Å². The zero-order valence-electron chi connectivity index (χ0n) is 14.7. The van der Waals surface area contributed by atoms with Gasteiger partial charge in [-0.3, -0.25) is 0 Å². The standard InChI is InChI=1S/C19H27NO5/c1-2-24-17(18(21)22)11-14-3-5-16(6-4-14)25-13-19(23)12-20-9-7-15(19)8-10-20/h3-6,15,17,23H,2,7-13H2,1H3,(H,21,22). The Morgan fingerprint density at radius 1 is 1.32 bits per heavy atom. The summed E-state index contributed by atoms with van der Waals surface area (Å²) in [4.78, 5) is 13.5. The van der Waals surface area contributed by atoms with Crippen molar-refractivity contribution in [1.29, 1.82) is 0 Å². The summed E-state index contributed by atoms with van der Waals surface area (Å²) in [6, 6.07) is 7.35. The lowest BCUT2D eigenvalue weighted by atomic mass is 9.76. The van der Waals surface area contributed by atoms with Gasteiger partial charge >= 0.3 is 5.97 Å². The van der Waals surface area contributed by atoms with Crippen molar-refractivity contribution in [2.75, 3.05) is 32.8 Å². The van der Waals surface area contributed by atoms with Crippen LogP contribution in [0.15, 0.2) is 24.3 Å². The minimum Gasteiger partial charge on any atom is -0.491 e. The van der Waals surface area contributed by atoms with Gasteiger partial charge in [0.2, 0.25) is 0 Å². The van der Waals surface area contributed by atoms with Crippen molar-refractivity contribution >= 4 is 5.97 Å². The molecule has 3 saturated heterocycles. The van der Waals surface area contributed by atoms with Gasteiger partial charge in [0.15, 0.2) is 6.10 Å². The summed E-state index contributed by atoms with van der Waals surface area (Å²) in [5.41, 5.74) is 0.119. The van der Waals surface area contributed by atoms with E-state index in [1.54, 1.807) is 6.92 Å². The van der Waals surface area contributed by atoms with Crippen LogP contribution in [-0.4, -0.2) is 65.6 Å². The molecular weight excluding hydrogens is 322 g/mol. The van der Waals surface area contributed by atoms with Gasteiger partial charge in [-0.1, -0.05) is 12.1 Å². The SMILES string of the molecule is CCOC(Cc1ccc(OCC2(O)CN3CCC2CC3)cc1)C(=O)O. The summed E-state index contributed by atoms with van der Waals surface area (Å²) in [7, 11) is 0. The third-order valence-electron chi connectivity index (χ3n) is 5.32. The molecular formula is C19H27NO5. The summed E-state index contributed by atoms with van der Waals surface area (Å²) in [5, 5.41) is 20.0. The second-order valence-electron chi connectivity index (χ2n) is 7.07. The van der Waals surface area contributed by atoms with Crippen molar-refractivity contribution in [1.82, 2.24) is 4.90 Å².